The van der Waals surface area contributed by atoms with Crippen molar-refractivity contribution in [3.63, 3.8) is 0 Å². The van der Waals surface area contributed by atoms with Gasteiger partial charge in [0.2, 0.25) is 5.91 Å². The van der Waals surface area contributed by atoms with Crippen molar-refractivity contribution in [2.24, 2.45) is 0 Å². The number of nitrogens with zero attached hydrogens (tertiary/aromatic N) is 1. The molecule has 5 heteroatoms. The van der Waals surface area contributed by atoms with Crippen molar-refractivity contribution in [1.82, 2.24) is 0 Å². The van der Waals surface area contributed by atoms with Crippen molar-refractivity contribution in [3.8, 4) is 11.5 Å². The first-order valence-electron chi connectivity index (χ1n) is 7.92. The molecule has 24 heavy (non-hydrogen) atoms. The van der Waals surface area contributed by atoms with Crippen LogP contribution in [-0.4, -0.2) is 33.2 Å². The number of hydrogen-bond donors (Lipinski definition) is 1. The Bertz CT molecular complexity index is 701. The van der Waals surface area contributed by atoms with Gasteiger partial charge in [-0.25, -0.2) is 0 Å². The maximum absolute atomic E-state index is 12.6. The molecule has 0 spiro atoms. The minimum atomic E-state index is -0.00651. The van der Waals surface area contributed by atoms with Gasteiger partial charge in [-0.05, 0) is 43.7 Å². The topological polar surface area (TPSA) is 50.8 Å². The fourth-order valence-corrected chi connectivity index (χ4v) is 2.52. The molecule has 0 aliphatic rings. The Morgan fingerprint density at radius 3 is 2.54 bits per heavy atom. The van der Waals surface area contributed by atoms with Gasteiger partial charge in [-0.1, -0.05) is 12.1 Å². The van der Waals surface area contributed by atoms with Crippen LogP contribution >= 0.6 is 0 Å². The molecule has 0 saturated heterocycles. The highest BCUT2D eigenvalue weighted by Crippen LogP contribution is 2.28. The third kappa shape index (κ3) is 4.19. The van der Waals surface area contributed by atoms with Crippen LogP contribution in [-0.2, 0) is 4.79 Å². The number of ether oxygens (including phenoxy) is 2. The molecule has 0 heterocycles. The zero-order chi connectivity index (χ0) is 17.5. The van der Waals surface area contributed by atoms with Gasteiger partial charge >= 0.3 is 0 Å². The lowest BCUT2D eigenvalue weighted by atomic mass is 10.2. The number of rotatable bonds is 7. The average molecular weight is 328 g/mol. The van der Waals surface area contributed by atoms with Crippen LogP contribution in [0.2, 0.25) is 0 Å². The molecule has 1 N–H and O–H groups in total. The van der Waals surface area contributed by atoms with Crippen LogP contribution in [0.3, 0.4) is 0 Å². The van der Waals surface area contributed by atoms with E-state index in [-0.39, 0.29) is 12.5 Å². The first kappa shape index (κ1) is 17.7. The van der Waals surface area contributed by atoms with E-state index in [1.807, 2.05) is 56.3 Å². The van der Waals surface area contributed by atoms with Gasteiger partial charge in [0.25, 0.3) is 0 Å². The van der Waals surface area contributed by atoms with Crippen molar-refractivity contribution in [3.05, 3.63) is 48.0 Å². The van der Waals surface area contributed by atoms with Crippen LogP contribution < -0.4 is 19.7 Å². The van der Waals surface area contributed by atoms with E-state index in [1.54, 1.807) is 19.1 Å². The number of carbonyl (C=O) groups excluding carboxylic acids is 1. The summed E-state index contributed by atoms with van der Waals surface area (Å²) in [5.41, 5.74) is 2.76. The zero-order valence-corrected chi connectivity index (χ0v) is 14.6. The molecule has 128 valence electrons. The smallest absolute Gasteiger partial charge is 0.246 e. The molecule has 0 radical (unpaired) electrons. The number of anilines is 2. The summed E-state index contributed by atoms with van der Waals surface area (Å²) in [7, 11) is 3.20. The van der Waals surface area contributed by atoms with Crippen LogP contribution in [0.5, 0.6) is 11.5 Å². The molecule has 0 aliphatic carbocycles. The van der Waals surface area contributed by atoms with Crippen molar-refractivity contribution < 1.29 is 14.3 Å². The Morgan fingerprint density at radius 1 is 1.12 bits per heavy atom. The van der Waals surface area contributed by atoms with Crippen LogP contribution in [0.1, 0.15) is 12.5 Å². The summed E-state index contributed by atoms with van der Waals surface area (Å²) in [5.74, 6) is 1.37. The van der Waals surface area contributed by atoms with Crippen LogP contribution in [0.4, 0.5) is 11.4 Å². The maximum atomic E-state index is 12.6. The highest BCUT2D eigenvalue weighted by molar-refractivity contribution is 5.96. The minimum absolute atomic E-state index is 0.00651. The molecule has 2 aromatic rings. The molecule has 0 aliphatic heterocycles. The summed E-state index contributed by atoms with van der Waals surface area (Å²) < 4.78 is 10.5. The second kappa shape index (κ2) is 8.24. The number of aryl methyl sites for hydroxylation is 1. The Morgan fingerprint density at radius 2 is 1.92 bits per heavy atom. The molecule has 1 amide bonds. The fraction of sp³-hybridized carbons (Fsp3) is 0.316. The second-order valence-corrected chi connectivity index (χ2v) is 5.40. The van der Waals surface area contributed by atoms with E-state index in [4.69, 9.17) is 9.47 Å². The van der Waals surface area contributed by atoms with Crippen molar-refractivity contribution >= 4 is 17.3 Å². The van der Waals surface area contributed by atoms with Gasteiger partial charge in [-0.2, -0.15) is 0 Å². The molecule has 0 fully saturated rings. The van der Waals surface area contributed by atoms with Gasteiger partial charge in [-0.3, -0.25) is 4.79 Å². The van der Waals surface area contributed by atoms with Crippen LogP contribution in [0.25, 0.3) is 0 Å². The predicted molar refractivity (Wildman–Crippen MR) is 97.2 cm³/mol. The van der Waals surface area contributed by atoms with Crippen molar-refractivity contribution in [1.29, 1.82) is 0 Å². The molecule has 5 nitrogen and oxygen atoms in total. The third-order valence-electron chi connectivity index (χ3n) is 3.77. The van der Waals surface area contributed by atoms with E-state index in [0.29, 0.717) is 18.0 Å². The quantitative estimate of drug-likeness (QED) is 0.845. The molecule has 2 aromatic carbocycles. The van der Waals surface area contributed by atoms with E-state index in [9.17, 15) is 4.79 Å². The van der Waals surface area contributed by atoms with E-state index in [2.05, 4.69) is 5.32 Å². The van der Waals surface area contributed by atoms with E-state index in [0.717, 1.165) is 16.9 Å². The standard InChI is InChI=1S/C19H24N2O3/c1-5-21(15-8-6-7-14(2)11-15)19(22)13-20-17-12-16(23-3)9-10-18(17)24-4/h6-12,20H,5,13H2,1-4H3. The van der Waals surface area contributed by atoms with E-state index >= 15 is 0 Å². The van der Waals surface area contributed by atoms with Gasteiger partial charge in [0.1, 0.15) is 11.5 Å². The lowest BCUT2D eigenvalue weighted by molar-refractivity contribution is -0.116. The largest absolute Gasteiger partial charge is 0.497 e. The molecular weight excluding hydrogens is 304 g/mol. The number of carbonyl (C=O) groups is 1. The number of likely N-dealkylation sites (N-methyl/N-ethyl adjacent to an activating group) is 1. The number of benzene rings is 2. The molecule has 0 aromatic heterocycles. The van der Waals surface area contributed by atoms with Gasteiger partial charge in [0, 0.05) is 18.3 Å². The number of hydrogen-bond acceptors (Lipinski definition) is 4. The molecule has 0 unspecified atom stereocenters. The second-order valence-electron chi connectivity index (χ2n) is 5.40. The lowest BCUT2D eigenvalue weighted by Crippen LogP contribution is -2.35. The van der Waals surface area contributed by atoms with Gasteiger partial charge in [0.15, 0.2) is 0 Å². The summed E-state index contributed by atoms with van der Waals surface area (Å²) in [6.07, 6.45) is 0. The maximum Gasteiger partial charge on any atom is 0.246 e. The molecule has 0 saturated carbocycles. The van der Waals surface area contributed by atoms with Crippen LogP contribution in [0.15, 0.2) is 42.5 Å². The number of methoxy groups -OCH3 is 2. The highest BCUT2D eigenvalue weighted by atomic mass is 16.5. The summed E-state index contributed by atoms with van der Waals surface area (Å²) in [6, 6.07) is 13.4. The van der Waals surface area contributed by atoms with E-state index in [1.165, 1.54) is 0 Å². The normalized spacial score (nSPS) is 10.2. The zero-order valence-electron chi connectivity index (χ0n) is 14.6. The summed E-state index contributed by atoms with van der Waals surface area (Å²) in [5, 5.41) is 3.14. The molecule has 0 bridgehead atoms. The van der Waals surface area contributed by atoms with Crippen LogP contribution in [0, 0.1) is 6.92 Å². The van der Waals surface area contributed by atoms with Crippen molar-refractivity contribution in [2.45, 2.75) is 13.8 Å². The molecule has 2 rings (SSSR count). The highest BCUT2D eigenvalue weighted by Gasteiger charge is 2.15. The van der Waals surface area contributed by atoms with Gasteiger partial charge in [0.05, 0.1) is 26.5 Å². The first-order chi connectivity index (χ1) is 11.6. The lowest BCUT2D eigenvalue weighted by Gasteiger charge is -2.22. The average Bonchev–Trinajstić information content (AvgIpc) is 2.60. The summed E-state index contributed by atoms with van der Waals surface area (Å²) in [4.78, 5) is 14.4. The Balaban J connectivity index is 2.11. The van der Waals surface area contributed by atoms with Gasteiger partial charge < -0.3 is 19.7 Å². The Labute approximate surface area is 143 Å². The Hall–Kier alpha value is -2.69. The number of nitrogens with one attached hydrogen (secondary N) is 1. The van der Waals surface area contributed by atoms with E-state index < -0.39 is 0 Å². The predicted octanol–water partition coefficient (Wildman–Crippen LogP) is 3.48. The van der Waals surface area contributed by atoms with Crippen molar-refractivity contribution in [2.75, 3.05) is 37.5 Å². The third-order valence-corrected chi connectivity index (χ3v) is 3.77. The summed E-state index contributed by atoms with van der Waals surface area (Å²) in [6.45, 7) is 4.76. The molecule has 0 atom stereocenters. The fourth-order valence-electron chi connectivity index (χ4n) is 2.52. The molecular formula is C19H24N2O3. The first-order valence-corrected chi connectivity index (χ1v) is 7.92. The van der Waals surface area contributed by atoms with Gasteiger partial charge in [-0.15, -0.1) is 0 Å². The SMILES string of the molecule is CCN(C(=O)CNc1cc(OC)ccc1OC)c1cccc(C)c1. The Kier molecular flexibility index (Phi) is 6.07. The minimum Gasteiger partial charge on any atom is -0.497 e. The monoisotopic (exact) mass is 328 g/mol. The number of amides is 1. The summed E-state index contributed by atoms with van der Waals surface area (Å²) >= 11 is 0.